The van der Waals surface area contributed by atoms with E-state index in [1.54, 1.807) is 24.3 Å². The Hall–Kier alpha value is -2.52. The molecule has 0 bridgehead atoms. The van der Waals surface area contributed by atoms with Gasteiger partial charge in [-0.15, -0.1) is 11.3 Å². The number of hydrogen-bond donors (Lipinski definition) is 2. The first-order valence-corrected chi connectivity index (χ1v) is 10.7. The minimum absolute atomic E-state index is 0.0259. The van der Waals surface area contributed by atoms with Gasteiger partial charge in [-0.05, 0) is 62.0 Å². The normalized spacial score (nSPS) is 13.6. The number of carbonyl (C=O) groups is 1. The quantitative estimate of drug-likeness (QED) is 0.295. The monoisotopic (exact) mass is 433 g/mol. The number of fused-ring (bicyclic) bond motifs is 1. The van der Waals surface area contributed by atoms with Crippen LogP contribution in [0.25, 0.3) is 0 Å². The van der Waals surface area contributed by atoms with E-state index in [1.807, 2.05) is 0 Å². The van der Waals surface area contributed by atoms with E-state index in [9.17, 15) is 14.9 Å². The standard InChI is InChI=1S/C20H23N3O4S2/c1-12-11-13(23(25)26)9-10-15(12)21-20(28)22-18-17(19(24)27-2)14-7-5-3-4-6-8-16(14)29-18/h9-11H,3-8H2,1-2H3,(H2,21,22,28). The molecule has 0 saturated carbocycles. The van der Waals surface area contributed by atoms with Crippen molar-refractivity contribution in [2.45, 2.75) is 45.4 Å². The summed E-state index contributed by atoms with van der Waals surface area (Å²) in [4.78, 5) is 24.2. The molecule has 1 aliphatic rings. The number of ether oxygens (including phenoxy) is 1. The van der Waals surface area contributed by atoms with Crippen LogP contribution in [0, 0.1) is 17.0 Å². The molecule has 2 aromatic rings. The fourth-order valence-electron chi connectivity index (χ4n) is 3.48. The van der Waals surface area contributed by atoms with Gasteiger partial charge in [0.05, 0.1) is 17.6 Å². The second-order valence-corrected chi connectivity index (χ2v) is 8.46. The average molecular weight is 434 g/mol. The Labute approximate surface area is 178 Å². The van der Waals surface area contributed by atoms with Gasteiger partial charge in [-0.1, -0.05) is 12.8 Å². The van der Waals surface area contributed by atoms with Gasteiger partial charge in [0.1, 0.15) is 5.00 Å². The molecule has 0 unspecified atom stereocenters. The second kappa shape index (κ2) is 9.32. The highest BCUT2D eigenvalue weighted by atomic mass is 32.1. The Kier molecular flexibility index (Phi) is 6.81. The molecular formula is C20H23N3O4S2. The molecule has 1 heterocycles. The number of rotatable bonds is 4. The molecule has 7 nitrogen and oxygen atoms in total. The van der Waals surface area contributed by atoms with Gasteiger partial charge in [-0.25, -0.2) is 4.79 Å². The molecule has 1 aromatic carbocycles. The Balaban J connectivity index is 1.83. The number of thiocarbonyl (C=S) groups is 1. The van der Waals surface area contributed by atoms with E-state index >= 15 is 0 Å². The number of thiophene rings is 1. The Morgan fingerprint density at radius 1 is 1.21 bits per heavy atom. The van der Waals surface area contributed by atoms with Crippen LogP contribution in [0.15, 0.2) is 18.2 Å². The average Bonchev–Trinajstić information content (AvgIpc) is 2.98. The second-order valence-electron chi connectivity index (χ2n) is 6.95. The number of benzene rings is 1. The van der Waals surface area contributed by atoms with Gasteiger partial charge < -0.3 is 15.4 Å². The first kappa shape index (κ1) is 21.2. The lowest BCUT2D eigenvalue weighted by Gasteiger charge is -2.13. The Bertz CT molecular complexity index is 955. The lowest BCUT2D eigenvalue weighted by atomic mass is 9.96. The molecule has 0 fully saturated rings. The molecule has 0 amide bonds. The van der Waals surface area contributed by atoms with Crippen LogP contribution < -0.4 is 10.6 Å². The fraction of sp³-hybridized carbons (Fsp3) is 0.400. The number of nitrogens with zero attached hydrogens (tertiary/aromatic N) is 1. The highest BCUT2D eigenvalue weighted by molar-refractivity contribution is 7.80. The van der Waals surface area contributed by atoms with Crippen LogP contribution in [0.4, 0.5) is 16.4 Å². The molecule has 3 rings (SSSR count). The molecule has 2 N–H and O–H groups in total. The van der Waals surface area contributed by atoms with Crippen LogP contribution in [-0.2, 0) is 17.6 Å². The van der Waals surface area contributed by atoms with Crippen molar-refractivity contribution in [3.05, 3.63) is 49.9 Å². The summed E-state index contributed by atoms with van der Waals surface area (Å²) < 4.78 is 5.03. The number of nitro benzene ring substituents is 1. The predicted octanol–water partition coefficient (Wildman–Crippen LogP) is 5.22. The SMILES string of the molecule is COC(=O)c1c(NC(=S)Nc2ccc([N+](=O)[O-])cc2C)sc2c1CCCCCC2. The zero-order valence-electron chi connectivity index (χ0n) is 16.4. The molecule has 9 heteroatoms. The summed E-state index contributed by atoms with van der Waals surface area (Å²) in [7, 11) is 1.38. The van der Waals surface area contributed by atoms with Crippen molar-refractivity contribution in [2.24, 2.45) is 0 Å². The maximum absolute atomic E-state index is 12.5. The van der Waals surface area contributed by atoms with Crippen LogP contribution in [-0.4, -0.2) is 23.1 Å². The van der Waals surface area contributed by atoms with Crippen molar-refractivity contribution in [1.29, 1.82) is 0 Å². The Morgan fingerprint density at radius 2 is 1.93 bits per heavy atom. The van der Waals surface area contributed by atoms with Crippen molar-refractivity contribution in [1.82, 2.24) is 0 Å². The number of methoxy groups -OCH3 is 1. The van der Waals surface area contributed by atoms with Crippen molar-refractivity contribution in [3.63, 3.8) is 0 Å². The minimum atomic E-state index is -0.433. The van der Waals surface area contributed by atoms with E-state index < -0.39 is 4.92 Å². The number of hydrogen-bond acceptors (Lipinski definition) is 6. The van der Waals surface area contributed by atoms with E-state index in [1.165, 1.54) is 30.5 Å². The zero-order chi connectivity index (χ0) is 21.0. The molecule has 0 radical (unpaired) electrons. The molecule has 0 saturated heterocycles. The molecule has 1 aliphatic carbocycles. The maximum atomic E-state index is 12.5. The summed E-state index contributed by atoms with van der Waals surface area (Å²) in [6.07, 6.45) is 6.34. The van der Waals surface area contributed by atoms with Crippen LogP contribution in [0.3, 0.4) is 0 Å². The minimum Gasteiger partial charge on any atom is -0.465 e. The van der Waals surface area contributed by atoms with Crippen LogP contribution in [0.2, 0.25) is 0 Å². The van der Waals surface area contributed by atoms with Gasteiger partial charge in [0.15, 0.2) is 5.11 Å². The van der Waals surface area contributed by atoms with Gasteiger partial charge in [0.25, 0.3) is 5.69 Å². The van der Waals surface area contributed by atoms with Gasteiger partial charge in [0.2, 0.25) is 0 Å². The van der Waals surface area contributed by atoms with Gasteiger partial charge >= 0.3 is 5.97 Å². The van der Waals surface area contributed by atoms with Gasteiger partial charge in [-0.2, -0.15) is 0 Å². The number of anilines is 2. The molecule has 1 aromatic heterocycles. The van der Waals surface area contributed by atoms with Gasteiger partial charge in [-0.3, -0.25) is 10.1 Å². The van der Waals surface area contributed by atoms with E-state index in [4.69, 9.17) is 17.0 Å². The number of nitro groups is 1. The van der Waals surface area contributed by atoms with E-state index in [0.29, 0.717) is 26.9 Å². The Morgan fingerprint density at radius 3 is 2.59 bits per heavy atom. The van der Waals surface area contributed by atoms with Crippen LogP contribution in [0.1, 0.15) is 52.0 Å². The topological polar surface area (TPSA) is 93.5 Å². The maximum Gasteiger partial charge on any atom is 0.341 e. The number of non-ortho nitro benzene ring substituents is 1. The third-order valence-corrected chi connectivity index (χ3v) is 6.37. The summed E-state index contributed by atoms with van der Waals surface area (Å²) in [5.74, 6) is -0.361. The molecule has 0 aliphatic heterocycles. The lowest BCUT2D eigenvalue weighted by molar-refractivity contribution is -0.384. The number of carbonyl (C=O) groups excluding carboxylic acids is 1. The molecule has 154 valence electrons. The zero-order valence-corrected chi connectivity index (χ0v) is 18.0. The van der Waals surface area contributed by atoms with Crippen molar-refractivity contribution < 1.29 is 14.5 Å². The molecule has 0 atom stereocenters. The third-order valence-electron chi connectivity index (χ3n) is 4.96. The van der Waals surface area contributed by atoms with E-state index in [2.05, 4.69) is 10.6 Å². The fourth-order valence-corrected chi connectivity index (χ4v) is 5.04. The first-order chi connectivity index (χ1) is 13.9. The predicted molar refractivity (Wildman–Crippen MR) is 119 cm³/mol. The molecule has 29 heavy (non-hydrogen) atoms. The van der Waals surface area contributed by atoms with Crippen molar-refractivity contribution >= 4 is 51.0 Å². The highest BCUT2D eigenvalue weighted by Crippen LogP contribution is 2.37. The van der Waals surface area contributed by atoms with E-state index in [0.717, 1.165) is 37.7 Å². The molecule has 0 spiro atoms. The smallest absolute Gasteiger partial charge is 0.341 e. The van der Waals surface area contributed by atoms with Crippen LogP contribution in [0.5, 0.6) is 0 Å². The number of aryl methyl sites for hydroxylation is 2. The van der Waals surface area contributed by atoms with Crippen molar-refractivity contribution in [3.8, 4) is 0 Å². The highest BCUT2D eigenvalue weighted by Gasteiger charge is 2.25. The van der Waals surface area contributed by atoms with Crippen LogP contribution >= 0.6 is 23.6 Å². The number of esters is 1. The summed E-state index contributed by atoms with van der Waals surface area (Å²) in [6.45, 7) is 1.77. The van der Waals surface area contributed by atoms with Gasteiger partial charge in [0, 0.05) is 22.7 Å². The van der Waals surface area contributed by atoms with E-state index in [-0.39, 0.29) is 11.7 Å². The summed E-state index contributed by atoms with van der Waals surface area (Å²) in [6, 6.07) is 4.53. The largest absolute Gasteiger partial charge is 0.465 e. The summed E-state index contributed by atoms with van der Waals surface area (Å²) in [5, 5.41) is 18.1. The number of nitrogens with one attached hydrogen (secondary N) is 2. The summed E-state index contributed by atoms with van der Waals surface area (Å²) >= 11 is 6.99. The van der Waals surface area contributed by atoms with Crippen molar-refractivity contribution in [2.75, 3.05) is 17.7 Å². The summed E-state index contributed by atoms with van der Waals surface area (Å²) in [5.41, 5.74) is 3.04. The third kappa shape index (κ3) is 4.91. The molecular weight excluding hydrogens is 410 g/mol. The lowest BCUT2D eigenvalue weighted by Crippen LogP contribution is -2.20. The first-order valence-electron chi connectivity index (χ1n) is 9.46.